The zero-order valence-electron chi connectivity index (χ0n) is 11.6. The van der Waals surface area contributed by atoms with Crippen molar-refractivity contribution in [1.82, 2.24) is 4.90 Å². The Morgan fingerprint density at radius 1 is 1.29 bits per heavy atom. The molecule has 0 saturated carbocycles. The fourth-order valence-corrected chi connectivity index (χ4v) is 3.19. The summed E-state index contributed by atoms with van der Waals surface area (Å²) in [5.41, 5.74) is 0.417. The number of carbonyl (C=O) groups is 2. The number of amides is 2. The maximum Gasteiger partial charge on any atom is 0.252 e. The topological polar surface area (TPSA) is 49.4 Å². The average Bonchev–Trinajstić information content (AvgIpc) is 2.68. The van der Waals surface area contributed by atoms with E-state index in [9.17, 15) is 9.59 Å². The van der Waals surface area contributed by atoms with Crippen molar-refractivity contribution in [2.24, 2.45) is 0 Å². The number of hydrogen-bond donors (Lipinski definition) is 1. The quantitative estimate of drug-likeness (QED) is 0.836. The molecule has 0 radical (unpaired) electrons. The van der Waals surface area contributed by atoms with E-state index in [0.29, 0.717) is 27.2 Å². The molecule has 1 aromatic rings. The summed E-state index contributed by atoms with van der Waals surface area (Å²) >= 11 is 18.0. The van der Waals surface area contributed by atoms with Crippen molar-refractivity contribution >= 4 is 52.3 Å². The third-order valence-corrected chi connectivity index (χ3v) is 4.35. The Kier molecular flexibility index (Phi) is 5.02. The van der Waals surface area contributed by atoms with Crippen molar-refractivity contribution in [2.75, 3.05) is 5.32 Å². The van der Waals surface area contributed by atoms with Gasteiger partial charge >= 0.3 is 0 Å². The van der Waals surface area contributed by atoms with E-state index >= 15 is 0 Å². The summed E-state index contributed by atoms with van der Waals surface area (Å²) in [7, 11) is 0. The maximum atomic E-state index is 12.3. The minimum atomic E-state index is -0.650. The molecular weight excluding hydrogens is 335 g/mol. The summed E-state index contributed by atoms with van der Waals surface area (Å²) in [5.74, 6) is -0.440. The summed E-state index contributed by atoms with van der Waals surface area (Å²) in [5, 5.41) is 4.00. The number of carbonyl (C=O) groups excluding carboxylic acids is 2. The highest BCUT2D eigenvalue weighted by Crippen LogP contribution is 2.35. The van der Waals surface area contributed by atoms with Crippen LogP contribution in [0.1, 0.15) is 26.7 Å². The normalized spacial score (nSPS) is 20.0. The lowest BCUT2D eigenvalue weighted by molar-refractivity contribution is -0.140. The molecule has 114 valence electrons. The van der Waals surface area contributed by atoms with Crippen molar-refractivity contribution < 1.29 is 9.59 Å². The molecule has 1 aromatic carbocycles. The molecule has 2 amide bonds. The van der Waals surface area contributed by atoms with Gasteiger partial charge in [-0.15, -0.1) is 0 Å². The van der Waals surface area contributed by atoms with Gasteiger partial charge in [0, 0.05) is 11.1 Å². The van der Waals surface area contributed by atoms with Crippen LogP contribution in [0.3, 0.4) is 0 Å². The van der Waals surface area contributed by atoms with E-state index in [0.717, 1.165) is 0 Å². The van der Waals surface area contributed by atoms with Crippen molar-refractivity contribution in [2.45, 2.75) is 38.8 Å². The number of halogens is 3. The minimum Gasteiger partial charge on any atom is -0.371 e. The molecule has 1 heterocycles. The van der Waals surface area contributed by atoms with Crippen molar-refractivity contribution in [3.05, 3.63) is 27.2 Å². The Morgan fingerprint density at radius 2 is 1.86 bits per heavy atom. The predicted molar refractivity (Wildman–Crippen MR) is 85.1 cm³/mol. The van der Waals surface area contributed by atoms with Gasteiger partial charge in [-0.1, -0.05) is 41.7 Å². The minimum absolute atomic E-state index is 0.0957. The van der Waals surface area contributed by atoms with Crippen LogP contribution in [-0.4, -0.2) is 28.8 Å². The van der Waals surface area contributed by atoms with Crippen LogP contribution >= 0.6 is 34.8 Å². The second-order valence-electron chi connectivity index (χ2n) is 5.00. The molecule has 0 bridgehead atoms. The Morgan fingerprint density at radius 3 is 2.38 bits per heavy atom. The highest BCUT2D eigenvalue weighted by molar-refractivity contribution is 6.41. The third kappa shape index (κ3) is 3.28. The standard InChI is InChI=1S/C14H15Cl3N2O2/c1-3-7(2)19-12(20)6-11(14(19)21)18-13-9(16)4-8(15)5-10(13)17/h4-5,7,11,18H,3,6H2,1-2H3. The predicted octanol–water partition coefficient (Wildman–Crippen LogP) is 3.98. The van der Waals surface area contributed by atoms with E-state index in [-0.39, 0.29) is 24.3 Å². The molecule has 1 N–H and O–H groups in total. The molecule has 7 heteroatoms. The van der Waals surface area contributed by atoms with Gasteiger partial charge in [-0.2, -0.15) is 0 Å². The summed E-state index contributed by atoms with van der Waals surface area (Å²) in [6, 6.07) is 2.30. The number of benzene rings is 1. The Hall–Kier alpha value is -0.970. The lowest BCUT2D eigenvalue weighted by Gasteiger charge is -2.22. The van der Waals surface area contributed by atoms with Crippen molar-refractivity contribution in [1.29, 1.82) is 0 Å². The first kappa shape index (κ1) is 16.4. The number of nitrogens with zero attached hydrogens (tertiary/aromatic N) is 1. The van der Waals surface area contributed by atoms with Gasteiger partial charge in [0.1, 0.15) is 6.04 Å². The second kappa shape index (κ2) is 6.42. The van der Waals surface area contributed by atoms with Crippen LogP contribution in [-0.2, 0) is 9.59 Å². The summed E-state index contributed by atoms with van der Waals surface area (Å²) in [4.78, 5) is 25.6. The van der Waals surface area contributed by atoms with Crippen LogP contribution in [0.15, 0.2) is 12.1 Å². The molecule has 1 aliphatic rings. The lowest BCUT2D eigenvalue weighted by Crippen LogP contribution is -2.40. The van der Waals surface area contributed by atoms with Gasteiger partial charge in [-0.3, -0.25) is 14.5 Å². The van der Waals surface area contributed by atoms with Crippen LogP contribution in [0.5, 0.6) is 0 Å². The van der Waals surface area contributed by atoms with Gasteiger partial charge in [-0.25, -0.2) is 0 Å². The van der Waals surface area contributed by atoms with Gasteiger partial charge in [0.05, 0.1) is 22.2 Å². The Bertz CT molecular complexity index is 569. The molecule has 0 aliphatic carbocycles. The Balaban J connectivity index is 2.22. The van der Waals surface area contributed by atoms with Crippen LogP contribution in [0.4, 0.5) is 5.69 Å². The van der Waals surface area contributed by atoms with Crippen LogP contribution in [0, 0.1) is 0 Å². The third-order valence-electron chi connectivity index (χ3n) is 3.54. The van der Waals surface area contributed by atoms with E-state index in [1.165, 1.54) is 17.0 Å². The fourth-order valence-electron chi connectivity index (χ4n) is 2.26. The zero-order chi connectivity index (χ0) is 15.7. The lowest BCUT2D eigenvalue weighted by atomic mass is 10.2. The number of likely N-dealkylation sites (tertiary alicyclic amines) is 1. The number of imide groups is 1. The average molecular weight is 350 g/mol. The second-order valence-corrected chi connectivity index (χ2v) is 6.26. The molecule has 2 unspecified atom stereocenters. The first-order valence-electron chi connectivity index (χ1n) is 6.62. The molecule has 1 fully saturated rings. The van der Waals surface area contributed by atoms with E-state index in [1.807, 2.05) is 13.8 Å². The highest BCUT2D eigenvalue weighted by atomic mass is 35.5. The van der Waals surface area contributed by atoms with Gasteiger partial charge in [0.25, 0.3) is 5.91 Å². The van der Waals surface area contributed by atoms with Crippen LogP contribution in [0.2, 0.25) is 15.1 Å². The molecule has 0 spiro atoms. The smallest absolute Gasteiger partial charge is 0.252 e. The zero-order valence-corrected chi connectivity index (χ0v) is 13.9. The van der Waals surface area contributed by atoms with Crippen LogP contribution < -0.4 is 5.32 Å². The number of rotatable bonds is 4. The molecule has 4 nitrogen and oxygen atoms in total. The summed E-state index contributed by atoms with van der Waals surface area (Å²) in [6.07, 6.45) is 0.811. The van der Waals surface area contributed by atoms with E-state index in [4.69, 9.17) is 34.8 Å². The monoisotopic (exact) mass is 348 g/mol. The summed E-state index contributed by atoms with van der Waals surface area (Å²) in [6.45, 7) is 3.78. The van der Waals surface area contributed by atoms with E-state index in [1.54, 1.807) is 0 Å². The molecular formula is C14H15Cl3N2O2. The SMILES string of the molecule is CCC(C)N1C(=O)CC(Nc2c(Cl)cc(Cl)cc2Cl)C1=O. The van der Waals surface area contributed by atoms with Gasteiger partial charge in [0.2, 0.25) is 5.91 Å². The van der Waals surface area contributed by atoms with Gasteiger partial charge < -0.3 is 5.32 Å². The first-order chi connectivity index (χ1) is 9.85. The van der Waals surface area contributed by atoms with E-state index in [2.05, 4.69) is 5.32 Å². The largest absolute Gasteiger partial charge is 0.371 e. The molecule has 1 aliphatic heterocycles. The van der Waals surface area contributed by atoms with E-state index < -0.39 is 6.04 Å². The van der Waals surface area contributed by atoms with Crippen molar-refractivity contribution in [3.63, 3.8) is 0 Å². The summed E-state index contributed by atoms with van der Waals surface area (Å²) < 4.78 is 0. The highest BCUT2D eigenvalue weighted by Gasteiger charge is 2.40. The van der Waals surface area contributed by atoms with Gasteiger partial charge in [-0.05, 0) is 25.5 Å². The number of hydrogen-bond acceptors (Lipinski definition) is 3. The molecule has 0 aromatic heterocycles. The maximum absolute atomic E-state index is 12.3. The number of anilines is 1. The first-order valence-corrected chi connectivity index (χ1v) is 7.75. The molecule has 2 rings (SSSR count). The number of nitrogens with one attached hydrogen (secondary N) is 1. The van der Waals surface area contributed by atoms with Crippen molar-refractivity contribution in [3.8, 4) is 0 Å². The molecule has 21 heavy (non-hydrogen) atoms. The van der Waals surface area contributed by atoms with Crippen LogP contribution in [0.25, 0.3) is 0 Å². The molecule has 2 atom stereocenters. The molecule has 1 saturated heterocycles. The van der Waals surface area contributed by atoms with Gasteiger partial charge in [0.15, 0.2) is 0 Å². The Labute approximate surface area is 138 Å². The fraction of sp³-hybridized carbons (Fsp3) is 0.429.